The van der Waals surface area contributed by atoms with Crippen molar-refractivity contribution in [3.63, 3.8) is 0 Å². The molecular formula is C18H14BrN5O. The summed E-state index contributed by atoms with van der Waals surface area (Å²) in [5, 5.41) is 3.44. The van der Waals surface area contributed by atoms with Crippen molar-refractivity contribution in [3.8, 4) is 17.0 Å². The summed E-state index contributed by atoms with van der Waals surface area (Å²) in [6.07, 6.45) is 8.85. The van der Waals surface area contributed by atoms with Gasteiger partial charge >= 0.3 is 0 Å². The predicted octanol–water partition coefficient (Wildman–Crippen LogP) is 4.31. The quantitative estimate of drug-likeness (QED) is 0.557. The summed E-state index contributed by atoms with van der Waals surface area (Å²) in [7, 11) is 1.65. The van der Waals surface area contributed by atoms with Crippen LogP contribution in [0.3, 0.4) is 0 Å². The van der Waals surface area contributed by atoms with Crippen LogP contribution in [0.5, 0.6) is 5.75 Å². The van der Waals surface area contributed by atoms with Gasteiger partial charge in [-0.05, 0) is 34.1 Å². The maximum absolute atomic E-state index is 5.31. The molecule has 6 nitrogen and oxygen atoms in total. The zero-order chi connectivity index (χ0) is 17.2. The first-order valence-corrected chi connectivity index (χ1v) is 8.38. The maximum atomic E-state index is 5.31. The number of imidazole rings is 1. The van der Waals surface area contributed by atoms with Crippen molar-refractivity contribution in [2.75, 3.05) is 12.4 Å². The predicted molar refractivity (Wildman–Crippen MR) is 100 cm³/mol. The smallest absolute Gasteiger partial charge is 0.157 e. The molecule has 3 heterocycles. The Bertz CT molecular complexity index is 1050. The summed E-state index contributed by atoms with van der Waals surface area (Å²) in [6.45, 7) is 0. The van der Waals surface area contributed by atoms with E-state index in [2.05, 4.69) is 31.2 Å². The van der Waals surface area contributed by atoms with Crippen molar-refractivity contribution >= 4 is 33.1 Å². The lowest BCUT2D eigenvalue weighted by Crippen LogP contribution is -1.98. The van der Waals surface area contributed by atoms with E-state index < -0.39 is 0 Å². The third kappa shape index (κ3) is 2.94. The van der Waals surface area contributed by atoms with E-state index in [0.717, 1.165) is 38.6 Å². The Hall–Kier alpha value is -2.93. The number of nitrogens with zero attached hydrogens (tertiary/aromatic N) is 4. The third-order valence-electron chi connectivity index (χ3n) is 3.79. The van der Waals surface area contributed by atoms with Crippen molar-refractivity contribution in [2.45, 2.75) is 0 Å². The molecule has 3 aromatic heterocycles. The molecule has 4 rings (SSSR count). The number of halogens is 1. The second-order valence-electron chi connectivity index (χ2n) is 5.33. The van der Waals surface area contributed by atoms with E-state index >= 15 is 0 Å². The van der Waals surface area contributed by atoms with Crippen LogP contribution >= 0.6 is 15.9 Å². The molecule has 0 saturated carbocycles. The van der Waals surface area contributed by atoms with Crippen LogP contribution in [-0.4, -0.2) is 26.5 Å². The molecule has 124 valence electrons. The van der Waals surface area contributed by atoms with Gasteiger partial charge in [-0.3, -0.25) is 14.4 Å². The fourth-order valence-corrected chi connectivity index (χ4v) is 3.01. The summed E-state index contributed by atoms with van der Waals surface area (Å²) >= 11 is 3.58. The van der Waals surface area contributed by atoms with Crippen molar-refractivity contribution in [3.05, 3.63) is 65.8 Å². The van der Waals surface area contributed by atoms with Gasteiger partial charge in [-0.15, -0.1) is 0 Å². The van der Waals surface area contributed by atoms with Crippen molar-refractivity contribution in [1.82, 2.24) is 19.4 Å². The summed E-state index contributed by atoms with van der Waals surface area (Å²) in [5.41, 5.74) is 3.34. The Morgan fingerprint density at radius 2 is 2.00 bits per heavy atom. The van der Waals surface area contributed by atoms with Gasteiger partial charge in [0.15, 0.2) is 5.65 Å². The Morgan fingerprint density at radius 1 is 1.12 bits per heavy atom. The molecule has 1 aromatic carbocycles. The summed E-state index contributed by atoms with van der Waals surface area (Å²) in [4.78, 5) is 13.1. The number of anilines is 2. The second kappa shape index (κ2) is 6.52. The molecule has 0 saturated heterocycles. The Kier molecular flexibility index (Phi) is 4.07. The molecule has 0 aliphatic heterocycles. The van der Waals surface area contributed by atoms with E-state index in [1.54, 1.807) is 31.9 Å². The van der Waals surface area contributed by atoms with Crippen LogP contribution in [0.15, 0.2) is 65.8 Å². The molecule has 0 bridgehead atoms. The van der Waals surface area contributed by atoms with E-state index in [1.165, 1.54) is 0 Å². The highest BCUT2D eigenvalue weighted by Crippen LogP contribution is 2.35. The van der Waals surface area contributed by atoms with E-state index in [9.17, 15) is 0 Å². The van der Waals surface area contributed by atoms with E-state index in [0.29, 0.717) is 0 Å². The highest BCUT2D eigenvalue weighted by molar-refractivity contribution is 9.10. The molecule has 0 aliphatic rings. The summed E-state index contributed by atoms with van der Waals surface area (Å²) in [5.74, 6) is 1.61. The molecule has 0 amide bonds. The van der Waals surface area contributed by atoms with Gasteiger partial charge in [0.1, 0.15) is 17.3 Å². The summed E-state index contributed by atoms with van der Waals surface area (Å²) in [6, 6.07) is 9.65. The minimum atomic E-state index is 0.749. The highest BCUT2D eigenvalue weighted by atomic mass is 79.9. The minimum Gasteiger partial charge on any atom is -0.497 e. The number of hydrogen-bond donors (Lipinski definition) is 1. The van der Waals surface area contributed by atoms with Crippen LogP contribution in [0.2, 0.25) is 0 Å². The molecule has 0 atom stereocenters. The lowest BCUT2D eigenvalue weighted by molar-refractivity contribution is 0.415. The number of pyridine rings is 1. The number of hydrogen-bond acceptors (Lipinski definition) is 5. The Balaban J connectivity index is 1.89. The van der Waals surface area contributed by atoms with Crippen LogP contribution in [0, 0.1) is 0 Å². The largest absolute Gasteiger partial charge is 0.497 e. The van der Waals surface area contributed by atoms with Gasteiger partial charge < -0.3 is 10.1 Å². The molecule has 4 aromatic rings. The fourth-order valence-electron chi connectivity index (χ4n) is 2.60. The van der Waals surface area contributed by atoms with Gasteiger partial charge in [0, 0.05) is 46.6 Å². The van der Waals surface area contributed by atoms with Gasteiger partial charge in [0.05, 0.1) is 13.3 Å². The number of methoxy groups -OCH3 is 1. The molecule has 7 heteroatoms. The molecule has 0 aliphatic carbocycles. The van der Waals surface area contributed by atoms with E-state index in [4.69, 9.17) is 9.72 Å². The molecule has 0 spiro atoms. The normalized spacial score (nSPS) is 10.8. The lowest BCUT2D eigenvalue weighted by Gasteiger charge is -2.10. The van der Waals surface area contributed by atoms with Crippen LogP contribution in [-0.2, 0) is 0 Å². The first kappa shape index (κ1) is 15.6. The molecule has 0 radical (unpaired) electrons. The molecule has 1 N–H and O–H groups in total. The average Bonchev–Trinajstić information content (AvgIpc) is 3.01. The van der Waals surface area contributed by atoms with Crippen molar-refractivity contribution in [2.24, 2.45) is 0 Å². The van der Waals surface area contributed by atoms with Gasteiger partial charge in [-0.1, -0.05) is 6.07 Å². The summed E-state index contributed by atoms with van der Waals surface area (Å²) < 4.78 is 8.19. The minimum absolute atomic E-state index is 0.749. The van der Waals surface area contributed by atoms with Crippen LogP contribution in [0.25, 0.3) is 16.9 Å². The standard InChI is InChI=1S/C18H14BrN5O/c1-25-13-4-2-3-12(9-13)22-18-17(14-10-20-6-5-15(14)19)23-16-11-21-7-8-24(16)18/h2-11,22H,1H3. The van der Waals surface area contributed by atoms with Gasteiger partial charge in [0.25, 0.3) is 0 Å². The number of nitrogens with one attached hydrogen (secondary N) is 1. The van der Waals surface area contributed by atoms with Gasteiger partial charge in [0.2, 0.25) is 0 Å². The van der Waals surface area contributed by atoms with E-state index in [1.807, 2.05) is 40.9 Å². The zero-order valence-electron chi connectivity index (χ0n) is 13.3. The number of ether oxygens (including phenoxy) is 1. The number of fused-ring (bicyclic) bond motifs is 1. The average molecular weight is 396 g/mol. The molecule has 25 heavy (non-hydrogen) atoms. The second-order valence-corrected chi connectivity index (χ2v) is 6.18. The first-order valence-electron chi connectivity index (χ1n) is 7.59. The van der Waals surface area contributed by atoms with Gasteiger partial charge in [-0.25, -0.2) is 4.98 Å². The lowest BCUT2D eigenvalue weighted by atomic mass is 10.2. The molecule has 0 unspecified atom stereocenters. The van der Waals surface area contributed by atoms with Crippen LogP contribution in [0.4, 0.5) is 11.5 Å². The zero-order valence-corrected chi connectivity index (χ0v) is 14.9. The van der Waals surface area contributed by atoms with Crippen molar-refractivity contribution < 1.29 is 4.74 Å². The topological polar surface area (TPSA) is 64.3 Å². The highest BCUT2D eigenvalue weighted by Gasteiger charge is 2.17. The van der Waals surface area contributed by atoms with Crippen LogP contribution in [0.1, 0.15) is 0 Å². The first-order chi connectivity index (χ1) is 12.3. The molecular weight excluding hydrogens is 382 g/mol. The SMILES string of the molecule is COc1cccc(Nc2c(-c3cnccc3Br)nc3cnccn23)c1. The fraction of sp³-hybridized carbons (Fsp3) is 0.0556. The number of aromatic nitrogens is 4. The Morgan fingerprint density at radius 3 is 2.84 bits per heavy atom. The van der Waals surface area contributed by atoms with Crippen LogP contribution < -0.4 is 10.1 Å². The van der Waals surface area contributed by atoms with E-state index in [-0.39, 0.29) is 0 Å². The maximum Gasteiger partial charge on any atom is 0.157 e. The number of rotatable bonds is 4. The Labute approximate surface area is 152 Å². The third-order valence-corrected chi connectivity index (χ3v) is 4.48. The van der Waals surface area contributed by atoms with Gasteiger partial charge in [-0.2, -0.15) is 0 Å². The van der Waals surface area contributed by atoms with Crippen molar-refractivity contribution in [1.29, 1.82) is 0 Å². The number of benzene rings is 1. The monoisotopic (exact) mass is 395 g/mol. The molecule has 0 fully saturated rings.